The molecule has 0 saturated carbocycles. The van der Waals surface area contributed by atoms with Crippen molar-refractivity contribution >= 4 is 23.6 Å². The van der Waals surface area contributed by atoms with Gasteiger partial charge in [-0.05, 0) is 37.1 Å². The van der Waals surface area contributed by atoms with E-state index in [1.54, 1.807) is 6.07 Å². The molecule has 0 atom stereocenters. The molecule has 0 aliphatic heterocycles. The van der Waals surface area contributed by atoms with Gasteiger partial charge in [0.15, 0.2) is 0 Å². The van der Waals surface area contributed by atoms with Gasteiger partial charge in [-0.25, -0.2) is 10.2 Å². The number of hydrogen-bond donors (Lipinski definition) is 3. The number of ether oxygens (including phenoxy) is 1. The average molecular weight is 293 g/mol. The molecule has 0 aliphatic rings. The van der Waals surface area contributed by atoms with Gasteiger partial charge in [-0.2, -0.15) is 0 Å². The molecule has 1 aromatic rings. The summed E-state index contributed by atoms with van der Waals surface area (Å²) >= 11 is 0. The summed E-state index contributed by atoms with van der Waals surface area (Å²) in [6, 6.07) is 5.59. The van der Waals surface area contributed by atoms with E-state index in [0.29, 0.717) is 5.69 Å². The molecule has 7 heteroatoms. The van der Waals surface area contributed by atoms with Crippen molar-refractivity contribution in [1.82, 2.24) is 10.9 Å². The summed E-state index contributed by atoms with van der Waals surface area (Å²) in [5, 5.41) is 2.71. The Morgan fingerprint density at radius 2 is 1.67 bits per heavy atom. The van der Waals surface area contributed by atoms with Crippen molar-refractivity contribution in [2.45, 2.75) is 26.7 Å². The maximum absolute atomic E-state index is 11.7. The highest BCUT2D eigenvalue weighted by Crippen LogP contribution is 2.14. The predicted molar refractivity (Wildman–Crippen MR) is 77.5 cm³/mol. The van der Waals surface area contributed by atoms with Gasteiger partial charge >= 0.3 is 6.09 Å². The van der Waals surface area contributed by atoms with Crippen LogP contribution in [0.25, 0.3) is 0 Å². The first-order valence-electron chi connectivity index (χ1n) is 6.42. The van der Waals surface area contributed by atoms with Crippen molar-refractivity contribution in [2.75, 3.05) is 12.4 Å². The maximum atomic E-state index is 11.7. The zero-order valence-electron chi connectivity index (χ0n) is 12.3. The Morgan fingerprint density at radius 3 is 2.29 bits per heavy atom. The zero-order chi connectivity index (χ0) is 15.8. The van der Waals surface area contributed by atoms with E-state index in [2.05, 4.69) is 15.5 Å². The number of rotatable bonds is 4. The number of benzene rings is 1. The van der Waals surface area contributed by atoms with Crippen LogP contribution < -0.4 is 16.2 Å². The fourth-order valence-corrected chi connectivity index (χ4v) is 1.50. The van der Waals surface area contributed by atoms with Gasteiger partial charge in [0.25, 0.3) is 0 Å². The lowest BCUT2D eigenvalue weighted by Crippen LogP contribution is -2.41. The number of amides is 3. The molecule has 0 saturated heterocycles. The van der Waals surface area contributed by atoms with Crippen LogP contribution in [0.4, 0.5) is 10.5 Å². The summed E-state index contributed by atoms with van der Waals surface area (Å²) in [6.07, 6.45) is -0.801. The number of aryl methyl sites for hydroxylation is 2. The fourth-order valence-electron chi connectivity index (χ4n) is 1.50. The number of carbonyl (C=O) groups is 3. The highest BCUT2D eigenvalue weighted by molar-refractivity contribution is 5.93. The molecule has 114 valence electrons. The lowest BCUT2D eigenvalue weighted by molar-refractivity contribution is -0.124. The first-order valence-corrected chi connectivity index (χ1v) is 6.42. The van der Waals surface area contributed by atoms with E-state index in [0.717, 1.165) is 11.1 Å². The van der Waals surface area contributed by atoms with Crippen LogP contribution in [0.15, 0.2) is 18.2 Å². The summed E-state index contributed by atoms with van der Waals surface area (Å²) in [7, 11) is 1.18. The monoisotopic (exact) mass is 293 g/mol. The van der Waals surface area contributed by atoms with E-state index in [1.165, 1.54) is 7.11 Å². The third-order valence-corrected chi connectivity index (χ3v) is 2.86. The van der Waals surface area contributed by atoms with Gasteiger partial charge in [0.1, 0.15) is 0 Å². The lowest BCUT2D eigenvalue weighted by atomic mass is 10.1. The largest absolute Gasteiger partial charge is 0.452 e. The minimum absolute atomic E-state index is 0.0155. The number of hydrogen-bond acceptors (Lipinski definition) is 4. The van der Waals surface area contributed by atoms with E-state index in [9.17, 15) is 14.4 Å². The van der Waals surface area contributed by atoms with Gasteiger partial charge in [-0.15, -0.1) is 0 Å². The standard InChI is InChI=1S/C14H19N3O4/c1-9-4-5-11(8-10(9)2)15-12(18)6-7-13(19)16-17-14(20)21-3/h4-5,8H,6-7H2,1-3H3,(H,15,18)(H,16,19)(H,17,20). The number of anilines is 1. The molecule has 0 aliphatic carbocycles. The van der Waals surface area contributed by atoms with Crippen LogP contribution in [0.1, 0.15) is 24.0 Å². The SMILES string of the molecule is COC(=O)NNC(=O)CCC(=O)Nc1ccc(C)c(C)c1. The first-order chi connectivity index (χ1) is 9.92. The van der Waals surface area contributed by atoms with E-state index < -0.39 is 12.0 Å². The summed E-state index contributed by atoms with van der Waals surface area (Å²) < 4.78 is 4.28. The minimum Gasteiger partial charge on any atom is -0.452 e. The number of hydrazine groups is 1. The van der Waals surface area contributed by atoms with E-state index in [4.69, 9.17) is 0 Å². The van der Waals surface area contributed by atoms with Crippen molar-refractivity contribution in [3.05, 3.63) is 29.3 Å². The van der Waals surface area contributed by atoms with Crippen LogP contribution >= 0.6 is 0 Å². The van der Waals surface area contributed by atoms with E-state index in [-0.39, 0.29) is 18.7 Å². The molecule has 0 bridgehead atoms. The van der Waals surface area contributed by atoms with Gasteiger partial charge in [-0.1, -0.05) is 6.07 Å². The number of methoxy groups -OCH3 is 1. The fraction of sp³-hybridized carbons (Fsp3) is 0.357. The molecular weight excluding hydrogens is 274 g/mol. The first kappa shape index (κ1) is 16.5. The molecular formula is C14H19N3O4. The Bertz CT molecular complexity index is 543. The second-order valence-electron chi connectivity index (χ2n) is 4.51. The molecule has 3 N–H and O–H groups in total. The smallest absolute Gasteiger partial charge is 0.425 e. The Hall–Kier alpha value is -2.57. The molecule has 0 fully saturated rings. The third-order valence-electron chi connectivity index (χ3n) is 2.86. The molecule has 0 heterocycles. The number of carbonyl (C=O) groups excluding carboxylic acids is 3. The normalized spacial score (nSPS) is 9.67. The Balaban J connectivity index is 2.35. The molecule has 21 heavy (non-hydrogen) atoms. The molecule has 3 amide bonds. The minimum atomic E-state index is -0.775. The van der Waals surface area contributed by atoms with Gasteiger partial charge in [0, 0.05) is 18.5 Å². The quantitative estimate of drug-likeness (QED) is 0.731. The third kappa shape index (κ3) is 5.94. The molecule has 0 radical (unpaired) electrons. The molecule has 0 unspecified atom stereocenters. The maximum Gasteiger partial charge on any atom is 0.425 e. The summed E-state index contributed by atoms with van der Waals surface area (Å²) in [5.41, 5.74) is 7.06. The second-order valence-corrected chi connectivity index (χ2v) is 4.51. The van der Waals surface area contributed by atoms with Crippen molar-refractivity contribution in [3.63, 3.8) is 0 Å². The molecule has 7 nitrogen and oxygen atoms in total. The zero-order valence-corrected chi connectivity index (χ0v) is 12.3. The Kier molecular flexibility index (Phi) is 6.19. The van der Waals surface area contributed by atoms with Crippen molar-refractivity contribution < 1.29 is 19.1 Å². The molecule has 0 aromatic heterocycles. The number of nitrogens with one attached hydrogen (secondary N) is 3. The lowest BCUT2D eigenvalue weighted by Gasteiger charge is -2.08. The summed E-state index contributed by atoms with van der Waals surface area (Å²) in [6.45, 7) is 3.94. The van der Waals surface area contributed by atoms with Crippen molar-refractivity contribution in [1.29, 1.82) is 0 Å². The van der Waals surface area contributed by atoms with Crippen LogP contribution in [-0.2, 0) is 14.3 Å². The second kappa shape index (κ2) is 7.88. The van der Waals surface area contributed by atoms with Crippen LogP contribution in [0, 0.1) is 13.8 Å². The highest BCUT2D eigenvalue weighted by Gasteiger charge is 2.08. The Morgan fingerprint density at radius 1 is 1.00 bits per heavy atom. The van der Waals surface area contributed by atoms with Crippen LogP contribution in [-0.4, -0.2) is 25.0 Å². The topological polar surface area (TPSA) is 96.5 Å². The predicted octanol–water partition coefficient (Wildman–Crippen LogP) is 1.41. The molecule has 0 spiro atoms. The summed E-state index contributed by atoms with van der Waals surface area (Å²) in [5.74, 6) is -0.748. The van der Waals surface area contributed by atoms with Crippen molar-refractivity contribution in [2.24, 2.45) is 0 Å². The van der Waals surface area contributed by atoms with Gasteiger partial charge < -0.3 is 10.1 Å². The van der Waals surface area contributed by atoms with Gasteiger partial charge in [0.05, 0.1) is 7.11 Å². The average Bonchev–Trinajstić information content (AvgIpc) is 2.46. The summed E-state index contributed by atoms with van der Waals surface area (Å²) in [4.78, 5) is 33.8. The van der Waals surface area contributed by atoms with E-state index >= 15 is 0 Å². The Labute approximate surface area is 123 Å². The van der Waals surface area contributed by atoms with Gasteiger partial charge in [-0.3, -0.25) is 15.0 Å². The molecule has 1 rings (SSSR count). The van der Waals surface area contributed by atoms with E-state index in [1.807, 2.05) is 31.4 Å². The highest BCUT2D eigenvalue weighted by atomic mass is 16.5. The van der Waals surface area contributed by atoms with Crippen LogP contribution in [0.3, 0.4) is 0 Å². The van der Waals surface area contributed by atoms with Crippen molar-refractivity contribution in [3.8, 4) is 0 Å². The van der Waals surface area contributed by atoms with Crippen LogP contribution in [0.2, 0.25) is 0 Å². The molecule has 1 aromatic carbocycles. The van der Waals surface area contributed by atoms with Gasteiger partial charge in [0.2, 0.25) is 11.8 Å². The van der Waals surface area contributed by atoms with Crippen LogP contribution in [0.5, 0.6) is 0 Å².